The number of carbonyl (C=O) groups excluding carboxylic acids is 1. The number of piperazine rings is 1. The molecule has 1 aromatic heterocycles. The summed E-state index contributed by atoms with van der Waals surface area (Å²) in [7, 11) is 1.80. The molecule has 1 aliphatic heterocycles. The van der Waals surface area contributed by atoms with Gasteiger partial charge in [0.25, 0.3) is 0 Å². The number of anilines is 2. The smallest absolute Gasteiger partial charge is 0.387 e. The summed E-state index contributed by atoms with van der Waals surface area (Å²) in [5, 5.41) is 6.84. The monoisotopic (exact) mass is 463 g/mol. The van der Waals surface area contributed by atoms with Gasteiger partial charge in [-0.25, -0.2) is 0 Å². The molecule has 6 nitrogen and oxygen atoms in total. The summed E-state index contributed by atoms with van der Waals surface area (Å²) in [6, 6.07) is 5.12. The lowest BCUT2D eigenvalue weighted by atomic mass is 10.2. The molecule has 1 unspecified atom stereocenters. The predicted octanol–water partition coefficient (Wildman–Crippen LogP) is 3.95. The number of hydrogen-bond donors (Lipinski definition) is 1. The summed E-state index contributed by atoms with van der Waals surface area (Å²) in [5.74, 6) is 0. The lowest BCUT2D eigenvalue weighted by Gasteiger charge is -2.38. The summed E-state index contributed by atoms with van der Waals surface area (Å²) in [6.07, 6.45) is -3.89. The van der Waals surface area contributed by atoms with Crippen LogP contribution < -0.4 is 10.2 Å². The molecular formula is C19H22Cl2F3N5O. The van der Waals surface area contributed by atoms with Crippen LogP contribution in [0.2, 0.25) is 10.0 Å². The van der Waals surface area contributed by atoms with E-state index in [1.165, 1.54) is 6.92 Å². The zero-order valence-corrected chi connectivity index (χ0v) is 18.0. The maximum Gasteiger partial charge on any atom is 0.436 e. The average molecular weight is 464 g/mol. The van der Waals surface area contributed by atoms with Crippen LogP contribution in [0.1, 0.15) is 11.4 Å². The van der Waals surface area contributed by atoms with Crippen molar-refractivity contribution in [2.24, 2.45) is 0 Å². The number of hydrogen-bond acceptors (Lipinski definition) is 5. The molecule has 164 valence electrons. The number of carbonyl (C=O) groups is 1. The van der Waals surface area contributed by atoms with Crippen LogP contribution in [-0.2, 0) is 17.5 Å². The summed E-state index contributed by atoms with van der Waals surface area (Å²) in [5.41, 5.74) is 0.902. The first kappa shape index (κ1) is 22.7. The van der Waals surface area contributed by atoms with Crippen molar-refractivity contribution in [3.8, 4) is 0 Å². The molecule has 0 radical (unpaired) electrons. The molecule has 1 fully saturated rings. The first-order chi connectivity index (χ1) is 14.2. The predicted molar refractivity (Wildman–Crippen MR) is 112 cm³/mol. The third-order valence-corrected chi connectivity index (χ3v) is 6.07. The van der Waals surface area contributed by atoms with E-state index >= 15 is 0 Å². The van der Waals surface area contributed by atoms with Crippen molar-refractivity contribution < 1.29 is 18.0 Å². The minimum Gasteiger partial charge on any atom is -0.387 e. The number of aromatic nitrogens is 2. The van der Waals surface area contributed by atoms with Crippen molar-refractivity contribution in [1.82, 2.24) is 14.7 Å². The summed E-state index contributed by atoms with van der Waals surface area (Å²) >= 11 is 11.9. The van der Waals surface area contributed by atoms with E-state index in [4.69, 9.17) is 23.2 Å². The number of alkyl halides is 3. The van der Waals surface area contributed by atoms with E-state index in [2.05, 4.69) is 15.3 Å². The molecule has 1 saturated heterocycles. The summed E-state index contributed by atoms with van der Waals surface area (Å²) in [4.78, 5) is 15.8. The number of aldehydes is 1. The van der Waals surface area contributed by atoms with Crippen molar-refractivity contribution in [2.75, 3.05) is 43.4 Å². The zero-order chi connectivity index (χ0) is 22.1. The fourth-order valence-corrected chi connectivity index (χ4v) is 3.97. The Balaban J connectivity index is 1.68. The van der Waals surface area contributed by atoms with Gasteiger partial charge in [-0.2, -0.15) is 18.3 Å². The molecule has 1 N–H and O–H groups in total. The topological polar surface area (TPSA) is 53.4 Å². The van der Waals surface area contributed by atoms with E-state index in [-0.39, 0.29) is 12.2 Å². The van der Waals surface area contributed by atoms with E-state index in [1.807, 2.05) is 23.1 Å². The maximum atomic E-state index is 13.0. The maximum absolute atomic E-state index is 13.0. The molecule has 1 aliphatic rings. The second-order valence-corrected chi connectivity index (χ2v) is 7.85. The van der Waals surface area contributed by atoms with Gasteiger partial charge in [0, 0.05) is 38.9 Å². The fourth-order valence-electron chi connectivity index (χ4n) is 3.52. The second kappa shape index (κ2) is 9.03. The number of nitrogens with one attached hydrogen (secondary N) is 1. The van der Waals surface area contributed by atoms with Crippen LogP contribution in [0.3, 0.4) is 0 Å². The van der Waals surface area contributed by atoms with E-state index in [9.17, 15) is 18.0 Å². The van der Waals surface area contributed by atoms with Crippen molar-refractivity contribution in [1.29, 1.82) is 0 Å². The molecule has 0 saturated carbocycles. The molecule has 3 rings (SSSR count). The Hall–Kier alpha value is -1.97. The van der Waals surface area contributed by atoms with Crippen molar-refractivity contribution >= 4 is 40.9 Å². The third-order valence-electron chi connectivity index (χ3n) is 5.29. The molecule has 0 amide bonds. The van der Waals surface area contributed by atoms with Crippen LogP contribution >= 0.6 is 23.2 Å². The molecule has 2 heterocycles. The fraction of sp³-hybridized carbons (Fsp3) is 0.474. The Labute approximate surface area is 182 Å². The number of rotatable bonds is 6. The van der Waals surface area contributed by atoms with E-state index < -0.39 is 22.9 Å². The van der Waals surface area contributed by atoms with Gasteiger partial charge in [-0.15, -0.1) is 0 Å². The lowest BCUT2D eigenvalue weighted by molar-refractivity contribution is -0.141. The Bertz CT molecular complexity index is 910. The van der Waals surface area contributed by atoms with E-state index in [0.717, 1.165) is 22.3 Å². The Morgan fingerprint density at radius 3 is 2.43 bits per heavy atom. The van der Waals surface area contributed by atoms with Gasteiger partial charge >= 0.3 is 6.18 Å². The van der Waals surface area contributed by atoms with Crippen molar-refractivity contribution in [2.45, 2.75) is 25.7 Å². The summed E-state index contributed by atoms with van der Waals surface area (Å²) < 4.78 is 40.3. The minimum absolute atomic E-state index is 0.00990. The first-order valence-corrected chi connectivity index (χ1v) is 10.1. The zero-order valence-electron chi connectivity index (χ0n) is 16.5. The quantitative estimate of drug-likeness (QED) is 0.657. The standard InChI is InChI=1S/C19H22Cl2F3N5O/c1-12-17(21)18(19(22,23)24)26-29(12)10-14(11-30)28-7-5-27(6-8-28)13-3-4-15(20)16(9-13)25-2/h3-4,9,11,14,25H,5-8,10H2,1-2H3. The van der Waals surface area contributed by atoms with Crippen LogP contribution in [0, 0.1) is 6.92 Å². The highest BCUT2D eigenvalue weighted by molar-refractivity contribution is 6.33. The molecule has 2 aromatic rings. The van der Waals surface area contributed by atoms with Crippen LogP contribution in [0.15, 0.2) is 18.2 Å². The lowest BCUT2D eigenvalue weighted by Crippen LogP contribution is -2.52. The van der Waals surface area contributed by atoms with Gasteiger partial charge in [0.05, 0.1) is 34.0 Å². The molecule has 0 aliphatic carbocycles. The van der Waals surface area contributed by atoms with E-state index in [0.29, 0.717) is 31.2 Å². The molecular weight excluding hydrogens is 442 g/mol. The SMILES string of the molecule is CNc1cc(N2CCN(C(C=O)Cn3nc(C(F)(F)F)c(Cl)c3C)CC2)ccc1Cl. The molecule has 0 spiro atoms. The molecule has 11 heteroatoms. The normalized spacial score (nSPS) is 16.6. The van der Waals surface area contributed by atoms with Gasteiger partial charge in [-0.05, 0) is 25.1 Å². The number of benzene rings is 1. The van der Waals surface area contributed by atoms with Gasteiger partial charge in [-0.1, -0.05) is 23.2 Å². The van der Waals surface area contributed by atoms with Gasteiger partial charge in [-0.3, -0.25) is 9.58 Å². The van der Waals surface area contributed by atoms with Crippen molar-refractivity contribution in [3.63, 3.8) is 0 Å². The largest absolute Gasteiger partial charge is 0.436 e. The van der Waals surface area contributed by atoms with Gasteiger partial charge in [0.1, 0.15) is 6.29 Å². The molecule has 1 aromatic carbocycles. The van der Waals surface area contributed by atoms with Gasteiger partial charge < -0.3 is 15.0 Å². The van der Waals surface area contributed by atoms with Crippen LogP contribution in [0.4, 0.5) is 24.5 Å². The Morgan fingerprint density at radius 2 is 1.90 bits per heavy atom. The molecule has 30 heavy (non-hydrogen) atoms. The Morgan fingerprint density at radius 1 is 1.23 bits per heavy atom. The second-order valence-electron chi connectivity index (χ2n) is 7.07. The van der Waals surface area contributed by atoms with Crippen LogP contribution in [-0.4, -0.2) is 60.2 Å². The van der Waals surface area contributed by atoms with Crippen LogP contribution in [0.5, 0.6) is 0 Å². The molecule has 1 atom stereocenters. The summed E-state index contributed by atoms with van der Waals surface area (Å²) in [6.45, 7) is 3.98. The number of halogens is 5. The highest BCUT2D eigenvalue weighted by atomic mass is 35.5. The van der Waals surface area contributed by atoms with Gasteiger partial charge in [0.2, 0.25) is 0 Å². The Kier molecular flexibility index (Phi) is 6.84. The highest BCUT2D eigenvalue weighted by Crippen LogP contribution is 2.35. The number of nitrogens with zero attached hydrogens (tertiary/aromatic N) is 4. The van der Waals surface area contributed by atoms with Crippen LogP contribution in [0.25, 0.3) is 0 Å². The molecule has 0 bridgehead atoms. The van der Waals surface area contributed by atoms with Crippen molar-refractivity contribution in [3.05, 3.63) is 39.6 Å². The average Bonchev–Trinajstić information content (AvgIpc) is 3.01. The third kappa shape index (κ3) is 4.68. The first-order valence-electron chi connectivity index (χ1n) is 9.37. The van der Waals surface area contributed by atoms with Gasteiger partial charge in [0.15, 0.2) is 5.69 Å². The highest BCUT2D eigenvalue weighted by Gasteiger charge is 2.38. The van der Waals surface area contributed by atoms with E-state index in [1.54, 1.807) is 7.05 Å². The minimum atomic E-state index is -4.64.